The number of halogens is 1. The smallest absolute Gasteiger partial charge is 0.251 e. The van der Waals surface area contributed by atoms with Gasteiger partial charge < -0.3 is 5.32 Å². The van der Waals surface area contributed by atoms with E-state index in [1.165, 1.54) is 0 Å². The van der Waals surface area contributed by atoms with Crippen molar-refractivity contribution in [3.8, 4) is 0 Å². The minimum absolute atomic E-state index is 0.0122. The molecule has 100 valence electrons. The summed E-state index contributed by atoms with van der Waals surface area (Å²) in [5.41, 5.74) is 0.754. The first-order chi connectivity index (χ1) is 9.22. The molecular weight excluding hydrogens is 302 g/mol. The van der Waals surface area contributed by atoms with E-state index in [1.807, 2.05) is 42.5 Å². The second-order valence-corrected chi connectivity index (χ2v) is 5.61. The van der Waals surface area contributed by atoms with Gasteiger partial charge in [0.05, 0.1) is 0 Å². The molecule has 1 unspecified atom stereocenters. The lowest BCUT2D eigenvalue weighted by Gasteiger charge is -2.12. The average Bonchev–Trinajstić information content (AvgIpc) is 2.44. The first-order valence-electron chi connectivity index (χ1n) is 6.54. The van der Waals surface area contributed by atoms with Gasteiger partial charge in [-0.05, 0) is 29.2 Å². The van der Waals surface area contributed by atoms with Crippen molar-refractivity contribution in [2.75, 3.05) is 11.9 Å². The van der Waals surface area contributed by atoms with Crippen LogP contribution in [0.4, 0.5) is 0 Å². The second-order valence-electron chi connectivity index (χ2n) is 4.82. The summed E-state index contributed by atoms with van der Waals surface area (Å²) in [6, 6.07) is 13.8. The molecule has 0 saturated carbocycles. The van der Waals surface area contributed by atoms with Gasteiger partial charge in [0, 0.05) is 17.4 Å². The number of hydrogen-bond acceptors (Lipinski definition) is 1. The van der Waals surface area contributed by atoms with Crippen molar-refractivity contribution >= 4 is 32.6 Å². The molecule has 0 aromatic heterocycles. The van der Waals surface area contributed by atoms with Crippen LogP contribution in [0.15, 0.2) is 42.5 Å². The van der Waals surface area contributed by atoms with Gasteiger partial charge in [-0.25, -0.2) is 0 Å². The highest BCUT2D eigenvalue weighted by atomic mass is 79.9. The standard InChI is InChI=1S/C16H18BrNO/c1-12(9-10-17)11-18-16(19)15-8-4-6-13-5-2-3-7-14(13)15/h2-8,12H,9-11H2,1H3,(H,18,19). The summed E-state index contributed by atoms with van der Waals surface area (Å²) in [4.78, 5) is 12.2. The van der Waals surface area contributed by atoms with Gasteiger partial charge in [-0.1, -0.05) is 59.3 Å². The van der Waals surface area contributed by atoms with E-state index in [2.05, 4.69) is 28.2 Å². The zero-order chi connectivity index (χ0) is 13.7. The molecule has 0 bridgehead atoms. The van der Waals surface area contributed by atoms with Crippen LogP contribution in [-0.4, -0.2) is 17.8 Å². The lowest BCUT2D eigenvalue weighted by atomic mass is 10.0. The van der Waals surface area contributed by atoms with E-state index in [4.69, 9.17) is 0 Å². The number of carbonyl (C=O) groups is 1. The van der Waals surface area contributed by atoms with E-state index in [1.54, 1.807) is 0 Å². The number of nitrogens with one attached hydrogen (secondary N) is 1. The van der Waals surface area contributed by atoms with Crippen molar-refractivity contribution in [1.82, 2.24) is 5.32 Å². The van der Waals surface area contributed by atoms with E-state index in [0.717, 1.165) is 28.1 Å². The van der Waals surface area contributed by atoms with E-state index >= 15 is 0 Å². The Morgan fingerprint density at radius 1 is 1.21 bits per heavy atom. The van der Waals surface area contributed by atoms with Gasteiger partial charge in [-0.2, -0.15) is 0 Å². The van der Waals surface area contributed by atoms with Crippen LogP contribution in [0.2, 0.25) is 0 Å². The van der Waals surface area contributed by atoms with Gasteiger partial charge >= 0.3 is 0 Å². The van der Waals surface area contributed by atoms with Crippen LogP contribution in [0.25, 0.3) is 10.8 Å². The number of carbonyl (C=O) groups excluding carboxylic acids is 1. The highest BCUT2D eigenvalue weighted by Gasteiger charge is 2.10. The summed E-state index contributed by atoms with van der Waals surface area (Å²) in [5.74, 6) is 0.497. The minimum Gasteiger partial charge on any atom is -0.352 e. The molecule has 0 saturated heterocycles. The third kappa shape index (κ3) is 3.57. The molecule has 1 N–H and O–H groups in total. The Morgan fingerprint density at radius 2 is 1.95 bits per heavy atom. The van der Waals surface area contributed by atoms with Crippen LogP contribution in [0.1, 0.15) is 23.7 Å². The molecule has 0 heterocycles. The third-order valence-corrected chi connectivity index (χ3v) is 3.71. The average molecular weight is 320 g/mol. The first-order valence-corrected chi connectivity index (χ1v) is 7.66. The Balaban J connectivity index is 2.13. The van der Waals surface area contributed by atoms with Crippen molar-refractivity contribution in [2.45, 2.75) is 13.3 Å². The number of rotatable bonds is 5. The summed E-state index contributed by atoms with van der Waals surface area (Å²) in [6.07, 6.45) is 1.07. The van der Waals surface area contributed by atoms with E-state index in [-0.39, 0.29) is 5.91 Å². The summed E-state index contributed by atoms with van der Waals surface area (Å²) in [5, 5.41) is 6.10. The number of fused-ring (bicyclic) bond motifs is 1. The Kier molecular flexibility index (Phi) is 4.97. The number of alkyl halides is 1. The van der Waals surface area contributed by atoms with Gasteiger partial charge in [0.25, 0.3) is 5.91 Å². The van der Waals surface area contributed by atoms with E-state index in [0.29, 0.717) is 12.5 Å². The largest absolute Gasteiger partial charge is 0.352 e. The number of benzene rings is 2. The molecule has 2 aromatic carbocycles. The van der Waals surface area contributed by atoms with Gasteiger partial charge in [0.15, 0.2) is 0 Å². The van der Waals surface area contributed by atoms with Gasteiger partial charge in [0.2, 0.25) is 0 Å². The van der Waals surface area contributed by atoms with Crippen LogP contribution in [0.5, 0.6) is 0 Å². The van der Waals surface area contributed by atoms with Crippen molar-refractivity contribution in [3.05, 3.63) is 48.0 Å². The van der Waals surface area contributed by atoms with E-state index < -0.39 is 0 Å². The van der Waals surface area contributed by atoms with Crippen molar-refractivity contribution in [3.63, 3.8) is 0 Å². The van der Waals surface area contributed by atoms with Crippen LogP contribution in [0.3, 0.4) is 0 Å². The fraction of sp³-hybridized carbons (Fsp3) is 0.312. The van der Waals surface area contributed by atoms with Gasteiger partial charge in [0.1, 0.15) is 0 Å². The SMILES string of the molecule is CC(CCBr)CNC(=O)c1cccc2ccccc12. The molecule has 3 heteroatoms. The topological polar surface area (TPSA) is 29.1 Å². The Labute approximate surface area is 122 Å². The zero-order valence-electron chi connectivity index (χ0n) is 11.0. The van der Waals surface area contributed by atoms with E-state index in [9.17, 15) is 4.79 Å². The predicted octanol–water partition coefficient (Wildman–Crippen LogP) is 3.99. The van der Waals surface area contributed by atoms with Crippen molar-refractivity contribution in [2.24, 2.45) is 5.92 Å². The monoisotopic (exact) mass is 319 g/mol. The molecule has 2 nitrogen and oxygen atoms in total. The summed E-state index contributed by atoms with van der Waals surface area (Å²) >= 11 is 3.42. The predicted molar refractivity (Wildman–Crippen MR) is 83.9 cm³/mol. The minimum atomic E-state index is 0.0122. The summed E-state index contributed by atoms with van der Waals surface area (Å²) in [6.45, 7) is 2.86. The number of hydrogen-bond donors (Lipinski definition) is 1. The normalized spacial score (nSPS) is 12.3. The van der Waals surface area contributed by atoms with Gasteiger partial charge in [-0.15, -0.1) is 0 Å². The lowest BCUT2D eigenvalue weighted by Crippen LogP contribution is -2.28. The van der Waals surface area contributed by atoms with Crippen molar-refractivity contribution in [1.29, 1.82) is 0 Å². The highest BCUT2D eigenvalue weighted by Crippen LogP contribution is 2.18. The molecule has 1 atom stereocenters. The van der Waals surface area contributed by atoms with Crippen LogP contribution >= 0.6 is 15.9 Å². The summed E-state index contributed by atoms with van der Waals surface area (Å²) < 4.78 is 0. The second kappa shape index (κ2) is 6.71. The Hall–Kier alpha value is -1.35. The van der Waals surface area contributed by atoms with Gasteiger partial charge in [-0.3, -0.25) is 4.79 Å². The maximum Gasteiger partial charge on any atom is 0.251 e. The molecule has 2 aromatic rings. The third-order valence-electron chi connectivity index (χ3n) is 3.25. The maximum atomic E-state index is 12.2. The Bertz CT molecular complexity index is 562. The molecule has 0 spiro atoms. The zero-order valence-corrected chi connectivity index (χ0v) is 12.6. The highest BCUT2D eigenvalue weighted by molar-refractivity contribution is 9.09. The molecule has 1 amide bonds. The van der Waals surface area contributed by atoms with Crippen molar-refractivity contribution < 1.29 is 4.79 Å². The van der Waals surface area contributed by atoms with Crippen LogP contribution in [-0.2, 0) is 0 Å². The number of amides is 1. The molecule has 0 aliphatic carbocycles. The fourth-order valence-corrected chi connectivity index (χ4v) is 2.86. The first kappa shape index (κ1) is 14.1. The fourth-order valence-electron chi connectivity index (χ4n) is 2.07. The Morgan fingerprint density at radius 3 is 2.74 bits per heavy atom. The molecule has 0 radical (unpaired) electrons. The molecular formula is C16H18BrNO. The molecule has 0 aliphatic rings. The van der Waals surface area contributed by atoms with Crippen LogP contribution < -0.4 is 5.32 Å². The molecule has 0 fully saturated rings. The summed E-state index contributed by atoms with van der Waals surface area (Å²) in [7, 11) is 0. The van der Waals surface area contributed by atoms with Crippen LogP contribution in [0, 0.1) is 5.92 Å². The lowest BCUT2D eigenvalue weighted by molar-refractivity contribution is 0.0949. The quantitative estimate of drug-likeness (QED) is 0.829. The molecule has 0 aliphatic heterocycles. The molecule has 2 rings (SSSR count). The molecule has 19 heavy (non-hydrogen) atoms. The maximum absolute atomic E-state index is 12.2.